The second-order valence-electron chi connectivity index (χ2n) is 7.95. The minimum absolute atomic E-state index is 0.0221. The van der Waals surface area contributed by atoms with Gasteiger partial charge in [-0.05, 0) is 43.2 Å². The predicted octanol–water partition coefficient (Wildman–Crippen LogP) is 2.22. The molecule has 2 N–H and O–H groups in total. The lowest BCUT2D eigenvalue weighted by atomic mass is 9.96. The van der Waals surface area contributed by atoms with Crippen LogP contribution in [0.2, 0.25) is 0 Å². The van der Waals surface area contributed by atoms with E-state index in [0.717, 1.165) is 11.4 Å². The molecule has 2 aromatic carbocycles. The van der Waals surface area contributed by atoms with E-state index in [1.807, 2.05) is 55.4 Å². The quantitative estimate of drug-likeness (QED) is 0.647. The molecule has 2 aromatic rings. The van der Waals surface area contributed by atoms with Crippen LogP contribution in [0.4, 0.5) is 5.69 Å². The maximum Gasteiger partial charge on any atom is 0.269 e. The highest BCUT2D eigenvalue weighted by Crippen LogP contribution is 2.18. The normalized spacial score (nSPS) is 13.9. The van der Waals surface area contributed by atoms with E-state index < -0.39 is 0 Å². The summed E-state index contributed by atoms with van der Waals surface area (Å²) in [5.41, 5.74) is 6.37. The van der Waals surface area contributed by atoms with E-state index in [4.69, 9.17) is 4.74 Å². The maximum absolute atomic E-state index is 12.5. The average Bonchev–Trinajstić information content (AvgIpc) is 2.83. The molecule has 0 aliphatic carbocycles. The number of hydrazine groups is 1. The van der Waals surface area contributed by atoms with E-state index in [2.05, 4.69) is 10.9 Å². The highest BCUT2D eigenvalue weighted by molar-refractivity contribution is 5.96. The topological polar surface area (TPSA) is 91.0 Å². The molecule has 1 saturated heterocycles. The number of carbonyl (C=O) groups is 3. The van der Waals surface area contributed by atoms with Crippen molar-refractivity contribution in [1.82, 2.24) is 15.8 Å². The minimum Gasteiger partial charge on any atom is -0.493 e. The molecular weight excluding hydrogens is 408 g/mol. The molecule has 32 heavy (non-hydrogen) atoms. The zero-order valence-corrected chi connectivity index (χ0v) is 18.5. The number of benzene rings is 2. The fourth-order valence-electron chi connectivity index (χ4n) is 3.54. The van der Waals surface area contributed by atoms with Gasteiger partial charge in [-0.3, -0.25) is 25.2 Å². The standard InChI is InChI=1S/C24H30N4O4/c1-27(2)20-8-6-7-19(17-20)24(31)26-25-23(30)18-11-14-28(15-12-18)22(29)13-16-32-21-9-4-3-5-10-21/h3-10,17-18H,11-16H2,1-2H3,(H,25,30)(H,26,31). The Kier molecular flexibility index (Phi) is 8.08. The first-order valence-electron chi connectivity index (χ1n) is 10.8. The van der Waals surface area contributed by atoms with Crippen molar-refractivity contribution < 1.29 is 19.1 Å². The molecule has 8 heteroatoms. The monoisotopic (exact) mass is 438 g/mol. The Balaban J connectivity index is 1.38. The zero-order valence-electron chi connectivity index (χ0n) is 18.5. The highest BCUT2D eigenvalue weighted by atomic mass is 16.5. The zero-order chi connectivity index (χ0) is 22.9. The molecule has 0 saturated carbocycles. The van der Waals surface area contributed by atoms with Crippen molar-refractivity contribution in [1.29, 1.82) is 0 Å². The van der Waals surface area contributed by atoms with Gasteiger partial charge in [0.2, 0.25) is 11.8 Å². The molecule has 0 atom stereocenters. The van der Waals surface area contributed by atoms with Gasteiger partial charge in [-0.1, -0.05) is 24.3 Å². The first-order valence-corrected chi connectivity index (χ1v) is 10.8. The average molecular weight is 439 g/mol. The number of rotatable bonds is 7. The molecule has 0 spiro atoms. The molecule has 1 heterocycles. The minimum atomic E-state index is -0.368. The van der Waals surface area contributed by atoms with Crippen molar-refractivity contribution in [2.24, 2.45) is 5.92 Å². The Hall–Kier alpha value is -3.55. The first kappa shape index (κ1) is 23.1. The van der Waals surface area contributed by atoms with E-state index >= 15 is 0 Å². The third-order valence-corrected chi connectivity index (χ3v) is 5.47. The van der Waals surface area contributed by atoms with Gasteiger partial charge in [0, 0.05) is 44.4 Å². The van der Waals surface area contributed by atoms with Gasteiger partial charge in [-0.15, -0.1) is 0 Å². The second-order valence-corrected chi connectivity index (χ2v) is 7.95. The van der Waals surface area contributed by atoms with Crippen LogP contribution in [0.5, 0.6) is 5.75 Å². The summed E-state index contributed by atoms with van der Waals surface area (Å²) in [6.07, 6.45) is 1.42. The van der Waals surface area contributed by atoms with Crippen molar-refractivity contribution in [3.63, 3.8) is 0 Å². The second kappa shape index (κ2) is 11.2. The molecule has 1 aliphatic rings. The van der Waals surface area contributed by atoms with Crippen molar-refractivity contribution in [2.75, 3.05) is 38.7 Å². The van der Waals surface area contributed by atoms with Crippen LogP contribution in [0.15, 0.2) is 54.6 Å². The summed E-state index contributed by atoms with van der Waals surface area (Å²) in [5.74, 6) is -0.0808. The number of nitrogens with one attached hydrogen (secondary N) is 2. The molecule has 3 amide bonds. The van der Waals surface area contributed by atoms with E-state index in [1.165, 1.54) is 0 Å². The van der Waals surface area contributed by atoms with Gasteiger partial charge in [-0.25, -0.2) is 0 Å². The summed E-state index contributed by atoms with van der Waals surface area (Å²) >= 11 is 0. The smallest absolute Gasteiger partial charge is 0.269 e. The number of likely N-dealkylation sites (tertiary alicyclic amines) is 1. The van der Waals surface area contributed by atoms with Gasteiger partial charge in [0.1, 0.15) is 5.75 Å². The van der Waals surface area contributed by atoms with Crippen molar-refractivity contribution in [3.8, 4) is 5.75 Å². The Morgan fingerprint density at radius 2 is 1.72 bits per heavy atom. The van der Waals surface area contributed by atoms with Crippen LogP contribution in [0.3, 0.4) is 0 Å². The molecule has 0 unspecified atom stereocenters. The van der Waals surface area contributed by atoms with Gasteiger partial charge in [0.05, 0.1) is 13.0 Å². The number of amides is 3. The summed E-state index contributed by atoms with van der Waals surface area (Å²) < 4.78 is 5.58. The summed E-state index contributed by atoms with van der Waals surface area (Å²) in [4.78, 5) is 40.9. The Labute approximate surface area is 188 Å². The molecule has 3 rings (SSSR count). The summed E-state index contributed by atoms with van der Waals surface area (Å²) in [6.45, 7) is 1.35. The van der Waals surface area contributed by atoms with Crippen molar-refractivity contribution in [2.45, 2.75) is 19.3 Å². The lowest BCUT2D eigenvalue weighted by molar-refractivity contribution is -0.136. The van der Waals surface area contributed by atoms with Crippen LogP contribution in [-0.2, 0) is 9.59 Å². The van der Waals surface area contributed by atoms with E-state index in [1.54, 1.807) is 23.1 Å². The van der Waals surface area contributed by atoms with Gasteiger partial charge >= 0.3 is 0 Å². The van der Waals surface area contributed by atoms with Crippen LogP contribution in [0.25, 0.3) is 0 Å². The molecule has 1 fully saturated rings. The van der Waals surface area contributed by atoms with E-state index in [-0.39, 0.29) is 23.6 Å². The van der Waals surface area contributed by atoms with Crippen molar-refractivity contribution in [3.05, 3.63) is 60.2 Å². The van der Waals surface area contributed by atoms with Gasteiger partial charge in [-0.2, -0.15) is 0 Å². The Morgan fingerprint density at radius 1 is 1.00 bits per heavy atom. The van der Waals surface area contributed by atoms with E-state index in [0.29, 0.717) is 44.5 Å². The number of piperidine rings is 1. The summed E-state index contributed by atoms with van der Waals surface area (Å²) in [5, 5.41) is 0. The van der Waals surface area contributed by atoms with Crippen LogP contribution in [-0.4, -0.2) is 56.4 Å². The van der Waals surface area contributed by atoms with Gasteiger partial charge < -0.3 is 14.5 Å². The number of anilines is 1. The fraction of sp³-hybridized carbons (Fsp3) is 0.375. The fourth-order valence-corrected chi connectivity index (χ4v) is 3.54. The molecular formula is C24H30N4O4. The molecule has 1 aliphatic heterocycles. The van der Waals surface area contributed by atoms with Gasteiger partial charge in [0.15, 0.2) is 0 Å². The van der Waals surface area contributed by atoms with Gasteiger partial charge in [0.25, 0.3) is 5.91 Å². The third kappa shape index (κ3) is 6.47. The predicted molar refractivity (Wildman–Crippen MR) is 122 cm³/mol. The van der Waals surface area contributed by atoms with Crippen molar-refractivity contribution >= 4 is 23.4 Å². The number of hydrogen-bond donors (Lipinski definition) is 2. The van der Waals surface area contributed by atoms with Crippen LogP contribution >= 0.6 is 0 Å². The number of para-hydroxylation sites is 1. The largest absolute Gasteiger partial charge is 0.493 e. The summed E-state index contributed by atoms with van der Waals surface area (Å²) in [7, 11) is 3.79. The number of carbonyl (C=O) groups excluding carboxylic acids is 3. The SMILES string of the molecule is CN(C)c1cccc(C(=O)NNC(=O)C2CCN(C(=O)CCOc3ccccc3)CC2)c1. The number of ether oxygens (including phenoxy) is 1. The maximum atomic E-state index is 12.5. The van der Waals surface area contributed by atoms with Crippen LogP contribution in [0.1, 0.15) is 29.6 Å². The lowest BCUT2D eigenvalue weighted by Crippen LogP contribution is -2.48. The Bertz CT molecular complexity index is 925. The third-order valence-electron chi connectivity index (χ3n) is 5.47. The summed E-state index contributed by atoms with van der Waals surface area (Å²) in [6, 6.07) is 16.5. The molecule has 0 bridgehead atoms. The molecule has 0 aromatic heterocycles. The first-order chi connectivity index (χ1) is 15.4. The van der Waals surface area contributed by atoms with E-state index in [9.17, 15) is 14.4 Å². The van der Waals surface area contributed by atoms with Crippen LogP contribution in [0, 0.1) is 5.92 Å². The Morgan fingerprint density at radius 3 is 2.41 bits per heavy atom. The highest BCUT2D eigenvalue weighted by Gasteiger charge is 2.27. The van der Waals surface area contributed by atoms with Crippen LogP contribution < -0.4 is 20.5 Å². The molecule has 8 nitrogen and oxygen atoms in total. The number of hydrogen-bond acceptors (Lipinski definition) is 5. The molecule has 0 radical (unpaired) electrons. The molecule has 170 valence electrons. The lowest BCUT2D eigenvalue weighted by Gasteiger charge is -2.31. The number of nitrogens with zero attached hydrogens (tertiary/aromatic N) is 2.